The lowest BCUT2D eigenvalue weighted by atomic mass is 10.00. The van der Waals surface area contributed by atoms with Gasteiger partial charge in [0.15, 0.2) is 0 Å². The third-order valence-corrected chi connectivity index (χ3v) is 3.94. The van der Waals surface area contributed by atoms with Gasteiger partial charge in [-0.1, -0.05) is 42.9 Å². The van der Waals surface area contributed by atoms with Gasteiger partial charge in [-0.15, -0.1) is 0 Å². The molecule has 18 heavy (non-hydrogen) atoms. The van der Waals surface area contributed by atoms with Crippen molar-refractivity contribution in [1.29, 1.82) is 0 Å². The lowest BCUT2D eigenvalue weighted by Crippen LogP contribution is -2.37. The van der Waals surface area contributed by atoms with Crippen LogP contribution in [-0.4, -0.2) is 22.5 Å². The van der Waals surface area contributed by atoms with E-state index in [4.69, 9.17) is 18.0 Å². The molecule has 1 atom stereocenters. The van der Waals surface area contributed by atoms with Crippen molar-refractivity contribution in [3.63, 3.8) is 0 Å². The summed E-state index contributed by atoms with van der Waals surface area (Å²) in [5.41, 5.74) is 8.33. The first-order valence-electron chi connectivity index (χ1n) is 6.76. The second-order valence-corrected chi connectivity index (χ2v) is 5.75. The van der Waals surface area contributed by atoms with Gasteiger partial charge in [0.25, 0.3) is 0 Å². The van der Waals surface area contributed by atoms with Crippen LogP contribution in [0.1, 0.15) is 37.3 Å². The Hall–Kier alpha value is -0.930. The first kappa shape index (κ1) is 13.5. The molecular weight excluding hydrogens is 240 g/mol. The van der Waals surface area contributed by atoms with Crippen LogP contribution in [0, 0.1) is 0 Å². The van der Waals surface area contributed by atoms with Crippen LogP contribution in [0.5, 0.6) is 0 Å². The van der Waals surface area contributed by atoms with Crippen LogP contribution in [0.4, 0.5) is 0 Å². The van der Waals surface area contributed by atoms with Crippen molar-refractivity contribution in [1.82, 2.24) is 4.90 Å². The molecular formula is C15H22N2S. The third kappa shape index (κ3) is 3.53. The van der Waals surface area contributed by atoms with Gasteiger partial charge in [0, 0.05) is 19.0 Å². The molecule has 1 unspecified atom stereocenters. The van der Waals surface area contributed by atoms with E-state index in [1.54, 1.807) is 0 Å². The molecule has 1 saturated heterocycles. The summed E-state index contributed by atoms with van der Waals surface area (Å²) in [6.45, 7) is 4.57. The molecule has 0 bridgehead atoms. The van der Waals surface area contributed by atoms with E-state index >= 15 is 0 Å². The number of benzene rings is 1. The van der Waals surface area contributed by atoms with Gasteiger partial charge in [-0.3, -0.25) is 4.90 Å². The second-order valence-electron chi connectivity index (χ2n) is 5.23. The van der Waals surface area contributed by atoms with E-state index in [-0.39, 0.29) is 0 Å². The van der Waals surface area contributed by atoms with Crippen molar-refractivity contribution >= 4 is 17.2 Å². The summed E-state index contributed by atoms with van der Waals surface area (Å²) in [4.78, 5) is 3.15. The molecule has 1 aliphatic rings. The highest BCUT2D eigenvalue weighted by atomic mass is 32.1. The van der Waals surface area contributed by atoms with E-state index in [2.05, 4.69) is 36.1 Å². The summed E-state index contributed by atoms with van der Waals surface area (Å²) in [5.74, 6) is 0. The number of nitrogens with two attached hydrogens (primary N) is 1. The zero-order valence-electron chi connectivity index (χ0n) is 11.1. The fourth-order valence-electron chi connectivity index (χ4n) is 2.68. The molecule has 0 amide bonds. The monoisotopic (exact) mass is 262 g/mol. The van der Waals surface area contributed by atoms with Gasteiger partial charge < -0.3 is 5.73 Å². The first-order chi connectivity index (χ1) is 8.66. The summed E-state index contributed by atoms with van der Waals surface area (Å²) in [6, 6.07) is 9.21. The number of thiocarbonyl (C=S) groups is 1. The van der Waals surface area contributed by atoms with Crippen LogP contribution in [0.2, 0.25) is 0 Å². The topological polar surface area (TPSA) is 29.3 Å². The van der Waals surface area contributed by atoms with Crippen LogP contribution in [0.15, 0.2) is 24.3 Å². The van der Waals surface area contributed by atoms with E-state index in [1.807, 2.05) is 0 Å². The molecule has 1 fully saturated rings. The number of rotatable bonds is 4. The van der Waals surface area contributed by atoms with Crippen LogP contribution in [0.3, 0.4) is 0 Å². The molecule has 1 aromatic carbocycles. The average Bonchev–Trinajstić information content (AvgIpc) is 2.34. The van der Waals surface area contributed by atoms with E-state index in [9.17, 15) is 0 Å². The maximum atomic E-state index is 5.67. The average molecular weight is 262 g/mol. The Morgan fingerprint density at radius 2 is 2.06 bits per heavy atom. The molecule has 1 aromatic rings. The minimum atomic E-state index is 0.578. The molecule has 98 valence electrons. The van der Waals surface area contributed by atoms with E-state index in [1.165, 1.54) is 36.9 Å². The Balaban J connectivity index is 2.10. The quantitative estimate of drug-likeness (QED) is 0.846. The number of nitrogens with zero attached hydrogens (tertiary/aromatic N) is 1. The smallest absolute Gasteiger partial charge is 0.0771 e. The van der Waals surface area contributed by atoms with E-state index in [0.29, 0.717) is 17.5 Å². The Kier molecular flexibility index (Phi) is 4.72. The minimum absolute atomic E-state index is 0.578. The van der Waals surface area contributed by atoms with Gasteiger partial charge >= 0.3 is 0 Å². The normalized spacial score (nSPS) is 20.8. The number of piperidine rings is 1. The van der Waals surface area contributed by atoms with Crippen molar-refractivity contribution in [2.24, 2.45) is 5.73 Å². The number of likely N-dealkylation sites (tertiary alicyclic amines) is 1. The van der Waals surface area contributed by atoms with Crippen LogP contribution >= 0.6 is 12.2 Å². The van der Waals surface area contributed by atoms with Gasteiger partial charge in [-0.05, 0) is 37.4 Å². The van der Waals surface area contributed by atoms with Gasteiger partial charge in [0.05, 0.1) is 4.99 Å². The molecule has 2 N–H and O–H groups in total. The number of hydrogen-bond acceptors (Lipinski definition) is 2. The Morgan fingerprint density at radius 3 is 2.72 bits per heavy atom. The maximum absolute atomic E-state index is 5.67. The maximum Gasteiger partial charge on any atom is 0.0771 e. The Labute approximate surface area is 115 Å². The summed E-state index contributed by atoms with van der Waals surface area (Å²) >= 11 is 5.03. The summed E-state index contributed by atoms with van der Waals surface area (Å²) < 4.78 is 0. The summed E-state index contributed by atoms with van der Waals surface area (Å²) in [5, 5.41) is 0. The number of hydrogen-bond donors (Lipinski definition) is 1. The molecule has 0 aromatic heterocycles. The predicted octanol–water partition coefficient (Wildman–Crippen LogP) is 2.89. The summed E-state index contributed by atoms with van der Waals surface area (Å²) in [7, 11) is 0. The van der Waals surface area contributed by atoms with Gasteiger partial charge in [-0.25, -0.2) is 0 Å². The highest BCUT2D eigenvalue weighted by Gasteiger charge is 2.19. The lowest BCUT2D eigenvalue weighted by Gasteiger charge is -2.33. The summed E-state index contributed by atoms with van der Waals surface area (Å²) in [6.07, 6.45) is 4.72. The van der Waals surface area contributed by atoms with Crippen molar-refractivity contribution in [2.75, 3.05) is 6.54 Å². The molecule has 0 spiro atoms. The highest BCUT2D eigenvalue weighted by Crippen LogP contribution is 2.21. The standard InChI is InChI=1S/C15H22N2S/c1-12-6-4-5-9-17(12)11-14-8-3-2-7-13(14)10-15(16)18/h2-3,7-8,12H,4-6,9-11H2,1H3,(H2,16,18). The molecule has 1 aliphatic heterocycles. The van der Waals surface area contributed by atoms with Crippen LogP contribution in [0.25, 0.3) is 0 Å². The van der Waals surface area contributed by atoms with E-state index in [0.717, 1.165) is 6.54 Å². The molecule has 0 saturated carbocycles. The Bertz CT molecular complexity index is 417. The van der Waals surface area contributed by atoms with Crippen molar-refractivity contribution in [2.45, 2.75) is 45.2 Å². The van der Waals surface area contributed by atoms with Gasteiger partial charge in [-0.2, -0.15) is 0 Å². The van der Waals surface area contributed by atoms with E-state index < -0.39 is 0 Å². The second kappa shape index (κ2) is 6.30. The lowest BCUT2D eigenvalue weighted by molar-refractivity contribution is 0.152. The molecule has 1 heterocycles. The Morgan fingerprint density at radius 1 is 1.33 bits per heavy atom. The molecule has 2 rings (SSSR count). The van der Waals surface area contributed by atoms with Gasteiger partial charge in [0.1, 0.15) is 0 Å². The van der Waals surface area contributed by atoms with Crippen molar-refractivity contribution < 1.29 is 0 Å². The largest absolute Gasteiger partial charge is 0.393 e. The van der Waals surface area contributed by atoms with Crippen molar-refractivity contribution in [3.05, 3.63) is 35.4 Å². The van der Waals surface area contributed by atoms with Crippen LogP contribution in [-0.2, 0) is 13.0 Å². The molecule has 2 nitrogen and oxygen atoms in total. The van der Waals surface area contributed by atoms with Crippen molar-refractivity contribution in [3.8, 4) is 0 Å². The highest BCUT2D eigenvalue weighted by molar-refractivity contribution is 7.80. The first-order valence-corrected chi connectivity index (χ1v) is 7.17. The molecule has 0 radical (unpaired) electrons. The minimum Gasteiger partial charge on any atom is -0.393 e. The zero-order chi connectivity index (χ0) is 13.0. The molecule has 0 aliphatic carbocycles. The fraction of sp³-hybridized carbons (Fsp3) is 0.533. The third-order valence-electron chi connectivity index (χ3n) is 3.80. The fourth-order valence-corrected chi connectivity index (χ4v) is 2.84. The molecule has 3 heteroatoms. The SMILES string of the molecule is CC1CCCCN1Cc1ccccc1CC(N)=S. The predicted molar refractivity (Wildman–Crippen MR) is 80.7 cm³/mol. The van der Waals surface area contributed by atoms with Crippen LogP contribution < -0.4 is 5.73 Å². The van der Waals surface area contributed by atoms with Gasteiger partial charge in [0.2, 0.25) is 0 Å². The zero-order valence-corrected chi connectivity index (χ0v) is 11.9.